The minimum absolute atomic E-state index is 0.0735. The fraction of sp³-hybridized carbons (Fsp3) is 0.400. The first kappa shape index (κ1) is 30.1. The van der Waals surface area contributed by atoms with E-state index >= 15 is 0 Å². The van der Waals surface area contributed by atoms with E-state index in [2.05, 4.69) is 30.8 Å². The molecule has 3 aromatic rings. The van der Waals surface area contributed by atoms with Gasteiger partial charge in [0.05, 0.1) is 18.8 Å². The summed E-state index contributed by atoms with van der Waals surface area (Å²) in [5.41, 5.74) is 1.20. The molecule has 2 atom stereocenters. The van der Waals surface area contributed by atoms with E-state index in [-0.39, 0.29) is 36.0 Å². The van der Waals surface area contributed by atoms with E-state index in [4.69, 9.17) is 9.47 Å². The molecule has 43 heavy (non-hydrogen) atoms. The number of likely N-dealkylation sites (tertiary alicyclic amines) is 1. The first-order valence-electron chi connectivity index (χ1n) is 13.9. The lowest BCUT2D eigenvalue weighted by molar-refractivity contribution is -0.140. The highest BCUT2D eigenvalue weighted by Crippen LogP contribution is 2.40. The number of nitrogens with one attached hydrogen (secondary N) is 3. The minimum atomic E-state index is -4.79. The topological polar surface area (TPSA) is 118 Å². The molecule has 0 radical (unpaired) electrons. The second-order valence-electron chi connectivity index (χ2n) is 10.7. The number of fused-ring (bicyclic) bond motifs is 1. The predicted octanol–water partition coefficient (Wildman–Crippen LogP) is 4.25. The third-order valence-corrected chi connectivity index (χ3v) is 7.63. The number of alkyl halides is 3. The lowest BCUT2D eigenvalue weighted by Gasteiger charge is -2.29. The zero-order chi connectivity index (χ0) is 30.7. The average molecular weight is 599 g/mol. The van der Waals surface area contributed by atoms with Gasteiger partial charge in [-0.2, -0.15) is 18.2 Å². The van der Waals surface area contributed by atoms with Crippen LogP contribution in [0.15, 0.2) is 48.7 Å². The number of carbonyl (C=O) groups is 2. The number of hydrogen-bond acceptors (Lipinski definition) is 8. The van der Waals surface area contributed by atoms with Crippen LogP contribution < -0.4 is 25.4 Å². The molecule has 2 heterocycles. The van der Waals surface area contributed by atoms with Gasteiger partial charge < -0.3 is 30.3 Å². The third-order valence-electron chi connectivity index (χ3n) is 7.63. The zero-order valence-electron chi connectivity index (χ0n) is 24.0. The van der Waals surface area contributed by atoms with E-state index in [0.29, 0.717) is 17.4 Å². The summed E-state index contributed by atoms with van der Waals surface area (Å²) in [5.74, 6) is -1.15. The van der Waals surface area contributed by atoms with Gasteiger partial charge in [0, 0.05) is 31.1 Å². The fourth-order valence-corrected chi connectivity index (χ4v) is 5.39. The van der Waals surface area contributed by atoms with Gasteiger partial charge in [0.2, 0.25) is 17.7 Å². The molecule has 0 unspecified atom stereocenters. The van der Waals surface area contributed by atoms with Gasteiger partial charge in [-0.15, -0.1) is 0 Å². The van der Waals surface area contributed by atoms with Crippen molar-refractivity contribution >= 4 is 23.5 Å². The van der Waals surface area contributed by atoms with Crippen molar-refractivity contribution in [3.8, 4) is 11.6 Å². The van der Waals surface area contributed by atoms with Crippen LogP contribution in [0.2, 0.25) is 0 Å². The maximum atomic E-state index is 14.0. The van der Waals surface area contributed by atoms with E-state index in [1.54, 1.807) is 30.3 Å². The molecule has 2 amide bonds. The highest BCUT2D eigenvalue weighted by molar-refractivity contribution is 5.95. The maximum absolute atomic E-state index is 14.0. The molecule has 0 bridgehead atoms. The smallest absolute Gasteiger partial charge is 0.423 e. The van der Waals surface area contributed by atoms with Crippen molar-refractivity contribution < 1.29 is 32.2 Å². The van der Waals surface area contributed by atoms with Crippen LogP contribution in [0.4, 0.5) is 24.8 Å². The Balaban J connectivity index is 1.37. The van der Waals surface area contributed by atoms with Crippen LogP contribution in [0.25, 0.3) is 0 Å². The van der Waals surface area contributed by atoms with Gasteiger partial charge >= 0.3 is 6.18 Å². The molecule has 3 N–H and O–H groups in total. The first-order valence-corrected chi connectivity index (χ1v) is 13.9. The molecule has 10 nitrogen and oxygen atoms in total. The summed E-state index contributed by atoms with van der Waals surface area (Å²) in [6, 6.07) is 11.4. The highest BCUT2D eigenvalue weighted by Gasteiger charge is 2.40. The number of hydrogen-bond donors (Lipinski definition) is 3. The average Bonchev–Trinajstić information content (AvgIpc) is 3.30. The van der Waals surface area contributed by atoms with Gasteiger partial charge in [-0.25, -0.2) is 4.98 Å². The summed E-state index contributed by atoms with van der Waals surface area (Å²) in [7, 11) is 3.46. The quantitative estimate of drug-likeness (QED) is 0.352. The van der Waals surface area contributed by atoms with Crippen molar-refractivity contribution in [3.63, 3.8) is 0 Å². The van der Waals surface area contributed by atoms with Gasteiger partial charge in [-0.05, 0) is 62.3 Å². The Labute approximate surface area is 247 Å². The molecular weight excluding hydrogens is 565 g/mol. The lowest BCUT2D eigenvalue weighted by Crippen LogP contribution is -2.43. The Morgan fingerprint density at radius 3 is 2.51 bits per heavy atom. The zero-order valence-corrected chi connectivity index (χ0v) is 24.0. The molecule has 1 aromatic heterocycles. The summed E-state index contributed by atoms with van der Waals surface area (Å²) < 4.78 is 53.2. The molecule has 2 aliphatic rings. The van der Waals surface area contributed by atoms with Crippen molar-refractivity contribution in [2.24, 2.45) is 0 Å². The van der Waals surface area contributed by atoms with E-state index in [1.807, 2.05) is 19.2 Å². The second kappa shape index (κ2) is 12.5. The molecular formula is C30H33F3N6O4. The number of aromatic nitrogens is 2. The van der Waals surface area contributed by atoms with Gasteiger partial charge in [-0.3, -0.25) is 9.59 Å². The predicted molar refractivity (Wildman–Crippen MR) is 152 cm³/mol. The van der Waals surface area contributed by atoms with Crippen molar-refractivity contribution in [1.82, 2.24) is 25.5 Å². The largest absolute Gasteiger partial charge is 0.495 e. The number of nitrogens with zero attached hydrogens (tertiary/aromatic N) is 3. The summed E-state index contributed by atoms with van der Waals surface area (Å²) in [6.45, 7) is 3.14. The summed E-state index contributed by atoms with van der Waals surface area (Å²) >= 11 is 0. The standard InChI is InChI=1S/C30H33F3N6O4/c1-17(40)35-26-21-7-5-4-6-18(21)14-25(26)43-28-22(30(31,32)33)16-34-29(38-28)37-23-9-8-19(15-24(23)42-3)27(41)36-20-10-12-39(2)13-11-20/h4-9,15-16,20,25-26H,10-14H2,1-3H3,(H,35,40)(H,36,41)(H,34,37,38)/t25-,26-/m1/s1. The lowest BCUT2D eigenvalue weighted by atomic mass is 10.0. The third kappa shape index (κ3) is 6.99. The Hall–Kier alpha value is -4.39. The van der Waals surface area contributed by atoms with Gasteiger partial charge in [0.15, 0.2) is 0 Å². The van der Waals surface area contributed by atoms with Crippen LogP contribution in [-0.4, -0.2) is 66.1 Å². The van der Waals surface area contributed by atoms with E-state index in [1.165, 1.54) is 14.0 Å². The highest BCUT2D eigenvalue weighted by atomic mass is 19.4. The molecule has 13 heteroatoms. The summed E-state index contributed by atoms with van der Waals surface area (Å²) in [5, 5.41) is 8.71. The van der Waals surface area contributed by atoms with Crippen LogP contribution in [0.3, 0.4) is 0 Å². The monoisotopic (exact) mass is 598 g/mol. The molecule has 2 aromatic carbocycles. The van der Waals surface area contributed by atoms with E-state index in [0.717, 1.165) is 37.1 Å². The Morgan fingerprint density at radius 1 is 1.07 bits per heavy atom. The van der Waals surface area contributed by atoms with E-state index in [9.17, 15) is 22.8 Å². The first-order chi connectivity index (χ1) is 20.5. The molecule has 1 saturated heterocycles. The normalized spacial score (nSPS) is 18.9. The molecule has 228 valence electrons. The molecule has 1 aliphatic heterocycles. The number of carbonyl (C=O) groups excluding carboxylic acids is 2. The van der Waals surface area contributed by atoms with Crippen LogP contribution in [-0.2, 0) is 17.4 Å². The maximum Gasteiger partial charge on any atom is 0.423 e. The van der Waals surface area contributed by atoms with Crippen LogP contribution in [0, 0.1) is 0 Å². The number of ether oxygens (including phenoxy) is 2. The molecule has 0 spiro atoms. The number of rotatable bonds is 8. The van der Waals surface area contributed by atoms with Crippen LogP contribution in [0.1, 0.15) is 52.9 Å². The van der Waals surface area contributed by atoms with Crippen molar-refractivity contribution in [2.45, 2.75) is 50.6 Å². The molecule has 1 fully saturated rings. The number of amides is 2. The number of piperidine rings is 1. The summed E-state index contributed by atoms with van der Waals surface area (Å²) in [6.07, 6.45) is -2.98. The van der Waals surface area contributed by atoms with Gasteiger partial charge in [-0.1, -0.05) is 24.3 Å². The van der Waals surface area contributed by atoms with Gasteiger partial charge in [0.1, 0.15) is 17.4 Å². The number of halogens is 3. The Bertz CT molecular complexity index is 1490. The molecule has 0 saturated carbocycles. The minimum Gasteiger partial charge on any atom is -0.495 e. The van der Waals surface area contributed by atoms with E-state index < -0.39 is 29.8 Å². The van der Waals surface area contributed by atoms with Crippen LogP contribution in [0.5, 0.6) is 11.6 Å². The van der Waals surface area contributed by atoms with Gasteiger partial charge in [0.25, 0.3) is 5.91 Å². The van der Waals surface area contributed by atoms with Crippen LogP contribution >= 0.6 is 0 Å². The number of methoxy groups -OCH3 is 1. The molecule has 5 rings (SSSR count). The van der Waals surface area contributed by atoms with Crippen molar-refractivity contribution in [1.29, 1.82) is 0 Å². The fourth-order valence-electron chi connectivity index (χ4n) is 5.39. The van der Waals surface area contributed by atoms with Crippen molar-refractivity contribution in [3.05, 3.63) is 70.9 Å². The second-order valence-corrected chi connectivity index (χ2v) is 10.7. The molecule has 1 aliphatic carbocycles. The Morgan fingerprint density at radius 2 is 1.81 bits per heavy atom. The van der Waals surface area contributed by atoms with Crippen molar-refractivity contribution in [2.75, 3.05) is 32.6 Å². The number of anilines is 2. The Kier molecular flexibility index (Phi) is 8.71. The SMILES string of the molecule is COc1cc(C(=O)NC2CCN(C)CC2)ccc1Nc1ncc(C(F)(F)F)c(O[C@@H]2Cc3ccccc3[C@H]2NC(C)=O)n1. The number of benzene rings is 2. The summed E-state index contributed by atoms with van der Waals surface area (Å²) in [4.78, 5) is 34.9.